The normalized spacial score (nSPS) is 13.7. The first-order valence-electron chi connectivity index (χ1n) is 3.99. The lowest BCUT2D eigenvalue weighted by Gasteiger charge is -2.02. The van der Waals surface area contributed by atoms with Crippen LogP contribution in [0.25, 0.3) is 0 Å². The number of primary amides is 1. The summed E-state index contributed by atoms with van der Waals surface area (Å²) in [6, 6.07) is 2.56. The van der Waals surface area contributed by atoms with Crippen molar-refractivity contribution in [2.75, 3.05) is 5.32 Å². The van der Waals surface area contributed by atoms with Gasteiger partial charge in [0, 0.05) is 0 Å². The molecule has 1 aromatic rings. The van der Waals surface area contributed by atoms with Gasteiger partial charge in [-0.15, -0.1) is 0 Å². The van der Waals surface area contributed by atoms with E-state index in [-0.39, 0.29) is 16.1 Å². The minimum absolute atomic E-state index is 0.0280. The van der Waals surface area contributed by atoms with Gasteiger partial charge < -0.3 is 11.1 Å². The highest BCUT2D eigenvalue weighted by molar-refractivity contribution is 6.52. The van der Waals surface area contributed by atoms with Crippen molar-refractivity contribution in [3.63, 3.8) is 0 Å². The number of amides is 2. The maximum atomic E-state index is 11.3. The van der Waals surface area contributed by atoms with E-state index >= 15 is 0 Å². The van der Waals surface area contributed by atoms with E-state index in [0.29, 0.717) is 5.69 Å². The molecule has 0 spiro atoms. The summed E-state index contributed by atoms with van der Waals surface area (Å²) in [5, 5.41) is 2.44. The van der Waals surface area contributed by atoms with Crippen molar-refractivity contribution in [2.24, 2.45) is 5.73 Å². The summed E-state index contributed by atoms with van der Waals surface area (Å²) in [5.41, 5.74) is 5.51. The topological polar surface area (TPSA) is 89.3 Å². The number of anilines is 1. The van der Waals surface area contributed by atoms with Crippen LogP contribution in [0.5, 0.6) is 0 Å². The van der Waals surface area contributed by atoms with E-state index in [0.717, 1.165) is 0 Å². The van der Waals surface area contributed by atoms with Gasteiger partial charge in [0.05, 0.1) is 21.8 Å². The number of hydrogen-bond acceptors (Lipinski definition) is 3. The molecule has 1 aliphatic rings. The Labute approximate surface area is 89.2 Å². The third-order valence-corrected chi connectivity index (χ3v) is 2.38. The van der Waals surface area contributed by atoms with Gasteiger partial charge in [0.25, 0.3) is 11.7 Å². The molecule has 0 aliphatic carbocycles. The van der Waals surface area contributed by atoms with E-state index in [1.165, 1.54) is 12.1 Å². The SMILES string of the molecule is NC(=O)c1cc2c(cc1Cl)NC(=O)C2=O. The molecule has 0 aromatic heterocycles. The lowest BCUT2D eigenvalue weighted by Crippen LogP contribution is -2.13. The number of carbonyl (C=O) groups is 3. The van der Waals surface area contributed by atoms with Gasteiger partial charge in [-0.3, -0.25) is 14.4 Å². The fraction of sp³-hybridized carbons (Fsp3) is 0. The fourth-order valence-corrected chi connectivity index (χ4v) is 1.61. The molecule has 1 aliphatic heterocycles. The number of nitrogens with two attached hydrogens (primary N) is 1. The van der Waals surface area contributed by atoms with Crippen molar-refractivity contribution >= 4 is 34.9 Å². The first-order chi connectivity index (χ1) is 7.00. The smallest absolute Gasteiger partial charge is 0.296 e. The lowest BCUT2D eigenvalue weighted by atomic mass is 10.1. The molecule has 2 amide bonds. The molecule has 0 radical (unpaired) electrons. The van der Waals surface area contributed by atoms with Gasteiger partial charge in [-0.2, -0.15) is 0 Å². The molecule has 5 nitrogen and oxygen atoms in total. The van der Waals surface area contributed by atoms with Gasteiger partial charge in [0.1, 0.15) is 0 Å². The molecule has 2 rings (SSSR count). The summed E-state index contributed by atoms with van der Waals surface area (Å²) < 4.78 is 0. The van der Waals surface area contributed by atoms with Crippen molar-refractivity contribution in [2.45, 2.75) is 0 Å². The quantitative estimate of drug-likeness (QED) is 0.684. The van der Waals surface area contributed by atoms with E-state index in [4.69, 9.17) is 17.3 Å². The predicted molar refractivity (Wildman–Crippen MR) is 52.9 cm³/mol. The lowest BCUT2D eigenvalue weighted by molar-refractivity contribution is -0.112. The summed E-state index contributed by atoms with van der Waals surface area (Å²) in [4.78, 5) is 33.2. The second-order valence-corrected chi connectivity index (χ2v) is 3.43. The van der Waals surface area contributed by atoms with Gasteiger partial charge in [0.15, 0.2) is 0 Å². The highest BCUT2D eigenvalue weighted by Gasteiger charge is 2.29. The summed E-state index contributed by atoms with van der Waals surface area (Å²) in [6.07, 6.45) is 0. The molecular weight excluding hydrogens is 220 g/mol. The number of Topliss-reactive ketones (excluding diaryl/α,β-unsaturated/α-hetero) is 1. The summed E-state index contributed by atoms with van der Waals surface area (Å²) in [7, 11) is 0. The number of fused-ring (bicyclic) bond motifs is 1. The highest BCUT2D eigenvalue weighted by Crippen LogP contribution is 2.29. The molecule has 0 atom stereocenters. The molecule has 1 aromatic carbocycles. The summed E-state index contributed by atoms with van der Waals surface area (Å²) >= 11 is 5.73. The summed E-state index contributed by atoms with van der Waals surface area (Å²) in [5.74, 6) is -2.16. The van der Waals surface area contributed by atoms with Crippen LogP contribution in [0.15, 0.2) is 12.1 Å². The number of halogens is 1. The van der Waals surface area contributed by atoms with E-state index in [2.05, 4.69) is 5.32 Å². The first kappa shape index (κ1) is 9.67. The zero-order valence-electron chi connectivity index (χ0n) is 7.33. The zero-order chi connectivity index (χ0) is 11.2. The molecule has 3 N–H and O–H groups in total. The largest absolute Gasteiger partial charge is 0.366 e. The van der Waals surface area contributed by atoms with E-state index in [1.807, 2.05) is 0 Å². The molecule has 15 heavy (non-hydrogen) atoms. The number of nitrogens with one attached hydrogen (secondary N) is 1. The summed E-state index contributed by atoms with van der Waals surface area (Å²) in [6.45, 7) is 0. The molecule has 0 saturated carbocycles. The standard InChI is InChI=1S/C9H5ClN2O3/c10-5-2-6-4(1-3(5)8(11)14)7(13)9(15)12-6/h1-2H,(H2,11,14)(H,12,13,15). The van der Waals surface area contributed by atoms with Gasteiger partial charge in [-0.05, 0) is 12.1 Å². The molecular formula is C9H5ClN2O3. The van der Waals surface area contributed by atoms with E-state index < -0.39 is 17.6 Å². The third-order valence-electron chi connectivity index (χ3n) is 2.07. The Kier molecular flexibility index (Phi) is 1.97. The minimum Gasteiger partial charge on any atom is -0.366 e. The average Bonchev–Trinajstić information content (AvgIpc) is 2.41. The number of ketones is 1. The number of hydrogen-bond donors (Lipinski definition) is 2. The van der Waals surface area contributed by atoms with Crippen LogP contribution in [0.3, 0.4) is 0 Å². The van der Waals surface area contributed by atoms with Gasteiger partial charge in [0.2, 0.25) is 5.91 Å². The Morgan fingerprint density at radius 3 is 2.60 bits per heavy atom. The van der Waals surface area contributed by atoms with Crippen LogP contribution in [0.1, 0.15) is 20.7 Å². The van der Waals surface area contributed by atoms with E-state index in [9.17, 15) is 14.4 Å². The van der Waals surface area contributed by atoms with Gasteiger partial charge >= 0.3 is 0 Å². The first-order valence-corrected chi connectivity index (χ1v) is 4.37. The Hall–Kier alpha value is -1.88. The van der Waals surface area contributed by atoms with Crippen LogP contribution in [0, 0.1) is 0 Å². The molecule has 0 bridgehead atoms. The Balaban J connectivity index is 2.65. The van der Waals surface area contributed by atoms with Crippen molar-refractivity contribution in [1.29, 1.82) is 0 Å². The van der Waals surface area contributed by atoms with Gasteiger partial charge in [-0.25, -0.2) is 0 Å². The predicted octanol–water partition coefficient (Wildman–Crippen LogP) is 0.574. The maximum Gasteiger partial charge on any atom is 0.296 e. The minimum atomic E-state index is -0.741. The Bertz CT molecular complexity index is 510. The number of carbonyl (C=O) groups excluding carboxylic acids is 3. The van der Waals surface area contributed by atoms with Crippen molar-refractivity contribution in [3.05, 3.63) is 28.3 Å². The Morgan fingerprint density at radius 1 is 1.33 bits per heavy atom. The monoisotopic (exact) mass is 224 g/mol. The molecule has 0 fully saturated rings. The maximum absolute atomic E-state index is 11.3. The molecule has 6 heteroatoms. The Morgan fingerprint density at radius 2 is 2.00 bits per heavy atom. The number of rotatable bonds is 1. The number of benzene rings is 1. The second-order valence-electron chi connectivity index (χ2n) is 3.03. The van der Waals surface area contributed by atoms with Crippen molar-refractivity contribution in [3.8, 4) is 0 Å². The van der Waals surface area contributed by atoms with Crippen LogP contribution < -0.4 is 11.1 Å². The van der Waals surface area contributed by atoms with Crippen LogP contribution in [-0.2, 0) is 4.79 Å². The molecule has 0 saturated heterocycles. The third kappa shape index (κ3) is 1.37. The van der Waals surface area contributed by atoms with Crippen LogP contribution >= 0.6 is 11.6 Å². The average molecular weight is 225 g/mol. The zero-order valence-corrected chi connectivity index (χ0v) is 8.09. The second kappa shape index (κ2) is 3.06. The van der Waals surface area contributed by atoms with Crippen molar-refractivity contribution in [1.82, 2.24) is 0 Å². The van der Waals surface area contributed by atoms with Crippen LogP contribution in [0.2, 0.25) is 5.02 Å². The fourth-order valence-electron chi connectivity index (χ4n) is 1.35. The van der Waals surface area contributed by atoms with Crippen LogP contribution in [0.4, 0.5) is 5.69 Å². The molecule has 0 unspecified atom stereocenters. The molecule has 1 heterocycles. The van der Waals surface area contributed by atoms with Gasteiger partial charge in [-0.1, -0.05) is 11.6 Å². The molecule has 76 valence electrons. The highest BCUT2D eigenvalue weighted by atomic mass is 35.5. The van der Waals surface area contributed by atoms with Crippen LogP contribution in [-0.4, -0.2) is 17.6 Å². The van der Waals surface area contributed by atoms with E-state index in [1.54, 1.807) is 0 Å². The van der Waals surface area contributed by atoms with Crippen molar-refractivity contribution < 1.29 is 14.4 Å².